The Kier molecular flexibility index (Phi) is 31.1. The third-order valence-corrected chi connectivity index (χ3v) is 8.67. The van der Waals surface area contributed by atoms with Gasteiger partial charge in [-0.2, -0.15) is 8.42 Å². The highest BCUT2D eigenvalue weighted by Crippen LogP contribution is 2.26. The maximum Gasteiger partial charge on any atom is 0.397 e. The zero-order valence-electron chi connectivity index (χ0n) is 33.4. The lowest BCUT2D eigenvalue weighted by Gasteiger charge is -2.41. The van der Waals surface area contributed by atoms with Gasteiger partial charge in [0.25, 0.3) is 0 Å². The van der Waals surface area contributed by atoms with Crippen LogP contribution in [0.25, 0.3) is 0 Å². The number of carbonyl (C=O) groups is 1. The Balaban J connectivity index is 2.58. The van der Waals surface area contributed by atoms with Crippen molar-refractivity contribution in [3.05, 3.63) is 97.2 Å². The number of allylic oxidation sites excluding steroid dienone is 16. The van der Waals surface area contributed by atoms with Crippen molar-refractivity contribution < 1.29 is 56.2 Å². The van der Waals surface area contributed by atoms with Gasteiger partial charge < -0.3 is 34.3 Å². The quantitative estimate of drug-likeness (QED) is 0.0228. The first kappa shape index (κ1) is 51.0. The van der Waals surface area contributed by atoms with Gasteiger partial charge in [0.15, 0.2) is 6.29 Å². The molecule has 1 aliphatic heterocycles. The molecule has 0 amide bonds. The van der Waals surface area contributed by atoms with Crippen LogP contribution in [0.2, 0.25) is 0 Å². The molecule has 0 spiro atoms. The largest absolute Gasteiger partial charge is 0.457 e. The molecule has 318 valence electrons. The normalized spacial score (nSPS) is 21.9. The van der Waals surface area contributed by atoms with E-state index in [0.29, 0.717) is 13.0 Å². The molecule has 13 heteroatoms. The highest BCUT2D eigenvalue weighted by Gasteiger charge is 2.48. The summed E-state index contributed by atoms with van der Waals surface area (Å²) >= 11 is 0. The SMILES string of the molecule is CC/C=C\C/C=C\C/C=C\C/C=C\CCCCC(=O)OC(COCCC/C=C\C/C=C\C/C=C\C/C=C\CC)COC1OC(CO)C(O)C(OS(=O)(=O)O)C1O. The predicted octanol–water partition coefficient (Wildman–Crippen LogP) is 7.51. The summed E-state index contributed by atoms with van der Waals surface area (Å²) in [5.74, 6) is -0.464. The lowest BCUT2D eigenvalue weighted by Crippen LogP contribution is -2.60. The van der Waals surface area contributed by atoms with Crippen molar-refractivity contribution >= 4 is 16.4 Å². The van der Waals surface area contributed by atoms with E-state index < -0.39 is 59.8 Å². The van der Waals surface area contributed by atoms with Crippen LogP contribution in [0, 0.1) is 0 Å². The third-order valence-electron chi connectivity index (χ3n) is 8.20. The number of carbonyl (C=O) groups excluding carboxylic acids is 1. The number of esters is 1. The predicted molar refractivity (Wildman–Crippen MR) is 220 cm³/mol. The van der Waals surface area contributed by atoms with E-state index in [9.17, 15) is 28.5 Å². The smallest absolute Gasteiger partial charge is 0.397 e. The molecule has 6 atom stereocenters. The van der Waals surface area contributed by atoms with Crippen LogP contribution in [0.5, 0.6) is 0 Å². The fourth-order valence-electron chi connectivity index (χ4n) is 5.25. The molecule has 1 saturated heterocycles. The molecule has 1 rings (SSSR count). The van der Waals surface area contributed by atoms with Gasteiger partial charge in [-0.1, -0.05) is 111 Å². The van der Waals surface area contributed by atoms with Crippen LogP contribution in [-0.4, -0.2) is 97.5 Å². The van der Waals surface area contributed by atoms with Crippen molar-refractivity contribution in [3.63, 3.8) is 0 Å². The summed E-state index contributed by atoms with van der Waals surface area (Å²) < 4.78 is 58.7. The number of hydrogen-bond donors (Lipinski definition) is 4. The molecule has 12 nitrogen and oxygen atoms in total. The number of rotatable bonds is 32. The molecule has 0 aromatic rings. The molecule has 0 aromatic heterocycles. The topological polar surface area (TPSA) is 178 Å². The summed E-state index contributed by atoms with van der Waals surface area (Å²) in [6.07, 6.45) is 36.1. The van der Waals surface area contributed by atoms with Crippen LogP contribution in [0.1, 0.15) is 104 Å². The van der Waals surface area contributed by atoms with Crippen LogP contribution < -0.4 is 0 Å². The lowest BCUT2D eigenvalue weighted by atomic mass is 9.99. The van der Waals surface area contributed by atoms with Crippen molar-refractivity contribution in [2.24, 2.45) is 0 Å². The Hall–Kier alpha value is -2.98. The van der Waals surface area contributed by atoms with E-state index in [1.54, 1.807) is 0 Å². The van der Waals surface area contributed by atoms with Crippen molar-refractivity contribution in [2.45, 2.75) is 141 Å². The van der Waals surface area contributed by atoms with Gasteiger partial charge in [-0.25, -0.2) is 4.18 Å². The minimum Gasteiger partial charge on any atom is -0.457 e. The minimum absolute atomic E-state index is 0.0261. The fourth-order valence-corrected chi connectivity index (χ4v) is 5.76. The zero-order valence-corrected chi connectivity index (χ0v) is 34.2. The van der Waals surface area contributed by atoms with Crippen LogP contribution >= 0.6 is 0 Å². The molecule has 4 N–H and O–H groups in total. The molecule has 6 unspecified atom stereocenters. The molecule has 0 aromatic carbocycles. The lowest BCUT2D eigenvalue weighted by molar-refractivity contribution is -0.301. The van der Waals surface area contributed by atoms with E-state index >= 15 is 0 Å². The molecule has 1 aliphatic rings. The summed E-state index contributed by atoms with van der Waals surface area (Å²) in [5, 5.41) is 30.6. The fraction of sp³-hybridized carbons (Fsp3) is 0.605. The van der Waals surface area contributed by atoms with Crippen LogP contribution in [0.15, 0.2) is 97.2 Å². The van der Waals surface area contributed by atoms with Gasteiger partial charge in [-0.05, 0) is 83.5 Å². The number of ether oxygens (including phenoxy) is 4. The Labute approximate surface area is 335 Å². The molecule has 56 heavy (non-hydrogen) atoms. The maximum absolute atomic E-state index is 12.8. The second-order valence-electron chi connectivity index (χ2n) is 13.1. The Morgan fingerprint density at radius 3 is 1.64 bits per heavy atom. The first-order valence-electron chi connectivity index (χ1n) is 20.0. The van der Waals surface area contributed by atoms with Crippen LogP contribution in [0.3, 0.4) is 0 Å². The first-order chi connectivity index (χ1) is 27.1. The van der Waals surface area contributed by atoms with Gasteiger partial charge in [0, 0.05) is 13.0 Å². The third kappa shape index (κ3) is 27.6. The van der Waals surface area contributed by atoms with E-state index in [1.807, 2.05) is 0 Å². The van der Waals surface area contributed by atoms with Crippen molar-refractivity contribution in [1.29, 1.82) is 0 Å². The average Bonchev–Trinajstić information content (AvgIpc) is 3.17. The Morgan fingerprint density at radius 1 is 0.679 bits per heavy atom. The van der Waals surface area contributed by atoms with E-state index in [-0.39, 0.29) is 19.6 Å². The monoisotopic (exact) mass is 808 g/mol. The number of unbranched alkanes of at least 4 members (excludes halogenated alkanes) is 3. The van der Waals surface area contributed by atoms with Gasteiger partial charge in [0.05, 0.1) is 19.8 Å². The molecule has 0 saturated carbocycles. The summed E-state index contributed by atoms with van der Waals surface area (Å²) in [4.78, 5) is 12.8. The van der Waals surface area contributed by atoms with Crippen LogP contribution in [0.4, 0.5) is 0 Å². The molecule has 1 fully saturated rings. The van der Waals surface area contributed by atoms with E-state index in [2.05, 4.69) is 115 Å². The summed E-state index contributed by atoms with van der Waals surface area (Å²) in [7, 11) is -5.08. The van der Waals surface area contributed by atoms with Gasteiger partial charge in [0.1, 0.15) is 30.5 Å². The zero-order chi connectivity index (χ0) is 41.1. The van der Waals surface area contributed by atoms with Crippen LogP contribution in [-0.2, 0) is 38.3 Å². The highest BCUT2D eigenvalue weighted by atomic mass is 32.3. The molecular weight excluding hydrogens is 741 g/mol. The molecule has 1 heterocycles. The first-order valence-corrected chi connectivity index (χ1v) is 21.4. The van der Waals surface area contributed by atoms with Crippen molar-refractivity contribution in [2.75, 3.05) is 26.4 Å². The van der Waals surface area contributed by atoms with E-state index in [4.69, 9.17) is 23.5 Å². The maximum atomic E-state index is 12.8. The summed E-state index contributed by atoms with van der Waals surface area (Å²) in [6.45, 7) is 3.51. The van der Waals surface area contributed by atoms with E-state index in [0.717, 1.165) is 77.0 Å². The molecular formula is C43H68O12S. The Bertz CT molecular complexity index is 1350. The van der Waals surface area contributed by atoms with E-state index in [1.165, 1.54) is 0 Å². The molecule has 0 radical (unpaired) electrons. The van der Waals surface area contributed by atoms with Gasteiger partial charge in [0.2, 0.25) is 0 Å². The number of aliphatic hydroxyl groups is 3. The van der Waals surface area contributed by atoms with Gasteiger partial charge in [-0.15, -0.1) is 0 Å². The molecule has 0 bridgehead atoms. The van der Waals surface area contributed by atoms with Gasteiger partial charge in [-0.3, -0.25) is 9.35 Å². The molecule has 0 aliphatic carbocycles. The average molecular weight is 809 g/mol. The van der Waals surface area contributed by atoms with Crippen molar-refractivity contribution in [3.8, 4) is 0 Å². The number of aliphatic hydroxyl groups excluding tert-OH is 3. The second kappa shape index (κ2) is 34.1. The summed E-state index contributed by atoms with van der Waals surface area (Å²) in [5.41, 5.74) is 0. The second-order valence-corrected chi connectivity index (χ2v) is 14.2. The standard InChI is InChI=1S/C43H68O12S/c1-3-5-7-9-11-13-15-17-19-20-22-24-26-28-30-32-39(45)53-37(35-51-33-31-29-27-25-23-21-18-16-14-12-10-8-6-4-2)36-52-43-41(47)42(55-56(48,49)50)40(46)38(34-44)54-43/h5-8,11-14,17-19,21-22,24-25,27,37-38,40-44,46-47H,3-4,9-10,15-16,20,23,26,28-36H2,1-2H3,(H,48,49,50)/b7-5-,8-6-,13-11-,14-12-,19-17-,21-18-,24-22-,27-25-. The van der Waals surface area contributed by atoms with Gasteiger partial charge >= 0.3 is 16.4 Å². The van der Waals surface area contributed by atoms with Crippen molar-refractivity contribution in [1.82, 2.24) is 0 Å². The summed E-state index contributed by atoms with van der Waals surface area (Å²) in [6, 6.07) is 0. The number of hydrogen-bond acceptors (Lipinski definition) is 11. The minimum atomic E-state index is -5.08. The highest BCUT2D eigenvalue weighted by molar-refractivity contribution is 7.80. The Morgan fingerprint density at radius 2 is 1.16 bits per heavy atom.